The van der Waals surface area contributed by atoms with Crippen molar-refractivity contribution in [2.45, 2.75) is 6.92 Å². The number of hydrogen-bond acceptors (Lipinski definition) is 7. The third-order valence-electron chi connectivity index (χ3n) is 3.28. The van der Waals surface area contributed by atoms with Crippen molar-refractivity contribution in [1.29, 1.82) is 0 Å². The van der Waals surface area contributed by atoms with Gasteiger partial charge in [0.2, 0.25) is 5.88 Å². The van der Waals surface area contributed by atoms with Gasteiger partial charge in [0.05, 0.1) is 5.56 Å². The normalized spacial score (nSPS) is 10.4. The van der Waals surface area contributed by atoms with E-state index in [1.54, 1.807) is 18.5 Å². The van der Waals surface area contributed by atoms with Gasteiger partial charge in [0, 0.05) is 12.4 Å². The van der Waals surface area contributed by atoms with Crippen molar-refractivity contribution < 1.29 is 9.47 Å². The van der Waals surface area contributed by atoms with Gasteiger partial charge in [-0.25, -0.2) is 19.9 Å². The van der Waals surface area contributed by atoms with Crippen molar-refractivity contribution >= 4 is 5.82 Å². The van der Waals surface area contributed by atoms with Crippen molar-refractivity contribution in [3.63, 3.8) is 0 Å². The van der Waals surface area contributed by atoms with Crippen LogP contribution >= 0.6 is 0 Å². The van der Waals surface area contributed by atoms with Crippen molar-refractivity contribution in [2.75, 3.05) is 18.9 Å². The number of anilines is 1. The Kier molecular flexibility index (Phi) is 4.81. The molecule has 122 valence electrons. The second-order valence-electron chi connectivity index (χ2n) is 5.03. The first kappa shape index (κ1) is 15.7. The highest BCUT2D eigenvalue weighted by molar-refractivity contribution is 5.78. The SMILES string of the molecule is Cc1ccc(-c2c(N)ncnc2OCCOc2ncccn2)cc1. The predicted octanol–water partition coefficient (Wildman–Crippen LogP) is 2.28. The number of hydrogen-bond donors (Lipinski definition) is 1. The lowest BCUT2D eigenvalue weighted by Crippen LogP contribution is -2.12. The van der Waals surface area contributed by atoms with E-state index in [1.165, 1.54) is 6.33 Å². The molecule has 0 amide bonds. The van der Waals surface area contributed by atoms with E-state index in [1.807, 2.05) is 31.2 Å². The van der Waals surface area contributed by atoms with Crippen LogP contribution in [0.5, 0.6) is 11.9 Å². The zero-order valence-corrected chi connectivity index (χ0v) is 13.2. The molecule has 0 fully saturated rings. The first-order valence-corrected chi connectivity index (χ1v) is 7.44. The molecular weight excluding hydrogens is 306 g/mol. The standard InChI is InChI=1S/C17H17N5O2/c1-12-3-5-13(6-4-12)14-15(18)21-11-22-16(14)23-9-10-24-17-19-7-2-8-20-17/h2-8,11H,9-10H2,1H3,(H2,18,21,22). The largest absolute Gasteiger partial charge is 0.473 e. The summed E-state index contributed by atoms with van der Waals surface area (Å²) in [5.41, 5.74) is 8.74. The molecule has 2 heterocycles. The minimum absolute atomic E-state index is 0.285. The maximum atomic E-state index is 6.00. The molecule has 0 atom stereocenters. The van der Waals surface area contributed by atoms with Crippen molar-refractivity contribution in [1.82, 2.24) is 19.9 Å². The summed E-state index contributed by atoms with van der Waals surface area (Å²) >= 11 is 0. The molecular formula is C17H17N5O2. The lowest BCUT2D eigenvalue weighted by molar-refractivity contribution is 0.202. The minimum Gasteiger partial charge on any atom is -0.473 e. The molecule has 1 aromatic carbocycles. The molecule has 0 aliphatic rings. The van der Waals surface area contributed by atoms with E-state index in [4.69, 9.17) is 15.2 Å². The summed E-state index contributed by atoms with van der Waals surface area (Å²) in [6, 6.07) is 9.96. The summed E-state index contributed by atoms with van der Waals surface area (Å²) in [6.45, 7) is 2.60. The molecule has 7 heteroatoms. The fourth-order valence-corrected chi connectivity index (χ4v) is 2.11. The zero-order valence-electron chi connectivity index (χ0n) is 13.2. The molecule has 0 bridgehead atoms. The summed E-state index contributed by atoms with van der Waals surface area (Å²) < 4.78 is 11.1. The van der Waals surface area contributed by atoms with E-state index in [-0.39, 0.29) is 6.61 Å². The molecule has 0 unspecified atom stereocenters. The van der Waals surface area contributed by atoms with Crippen LogP contribution in [-0.4, -0.2) is 33.1 Å². The van der Waals surface area contributed by atoms with Crippen LogP contribution in [0.15, 0.2) is 49.1 Å². The monoisotopic (exact) mass is 323 g/mol. The third-order valence-corrected chi connectivity index (χ3v) is 3.28. The van der Waals surface area contributed by atoms with Gasteiger partial charge in [-0.15, -0.1) is 0 Å². The lowest BCUT2D eigenvalue weighted by atomic mass is 10.1. The Hall–Kier alpha value is -3.22. The topological polar surface area (TPSA) is 96.0 Å². The van der Waals surface area contributed by atoms with Gasteiger partial charge in [0.25, 0.3) is 0 Å². The molecule has 0 saturated heterocycles. The van der Waals surface area contributed by atoms with Gasteiger partial charge in [-0.2, -0.15) is 0 Å². The quantitative estimate of drug-likeness (QED) is 0.695. The van der Waals surface area contributed by atoms with Gasteiger partial charge in [0.1, 0.15) is 25.4 Å². The summed E-state index contributed by atoms with van der Waals surface area (Å²) in [4.78, 5) is 16.2. The first-order valence-electron chi connectivity index (χ1n) is 7.44. The molecule has 0 radical (unpaired) electrons. The number of nitrogens with two attached hydrogens (primary N) is 1. The zero-order chi connectivity index (χ0) is 16.8. The molecule has 7 nitrogen and oxygen atoms in total. The van der Waals surface area contributed by atoms with Gasteiger partial charge in [0.15, 0.2) is 0 Å². The van der Waals surface area contributed by atoms with Crippen LogP contribution in [0.25, 0.3) is 11.1 Å². The lowest BCUT2D eigenvalue weighted by Gasteiger charge is -2.12. The summed E-state index contributed by atoms with van der Waals surface area (Å²) in [7, 11) is 0. The Morgan fingerprint density at radius 3 is 2.38 bits per heavy atom. The van der Waals surface area contributed by atoms with Crippen LogP contribution < -0.4 is 15.2 Å². The van der Waals surface area contributed by atoms with Crippen LogP contribution in [0.3, 0.4) is 0 Å². The molecule has 0 saturated carbocycles. The molecule has 3 rings (SSSR count). The van der Waals surface area contributed by atoms with Crippen molar-refractivity contribution in [2.24, 2.45) is 0 Å². The molecule has 24 heavy (non-hydrogen) atoms. The van der Waals surface area contributed by atoms with Gasteiger partial charge in [-0.05, 0) is 18.6 Å². The second-order valence-corrected chi connectivity index (χ2v) is 5.03. The van der Waals surface area contributed by atoms with Crippen LogP contribution in [0, 0.1) is 6.92 Å². The Labute approximate surface area is 139 Å². The molecule has 2 N–H and O–H groups in total. The number of rotatable bonds is 6. The van der Waals surface area contributed by atoms with E-state index in [0.717, 1.165) is 11.1 Å². The third kappa shape index (κ3) is 3.75. The number of aromatic nitrogens is 4. The number of benzene rings is 1. The van der Waals surface area contributed by atoms with Crippen LogP contribution in [0.1, 0.15) is 5.56 Å². The number of nitrogens with zero attached hydrogens (tertiary/aromatic N) is 4. The molecule has 0 aliphatic heterocycles. The fraction of sp³-hybridized carbons (Fsp3) is 0.176. The fourth-order valence-electron chi connectivity index (χ4n) is 2.11. The maximum absolute atomic E-state index is 6.00. The Bertz CT molecular complexity index is 794. The Morgan fingerprint density at radius 2 is 1.62 bits per heavy atom. The van der Waals surface area contributed by atoms with E-state index in [0.29, 0.717) is 29.9 Å². The van der Waals surface area contributed by atoms with Crippen molar-refractivity contribution in [3.05, 3.63) is 54.6 Å². The van der Waals surface area contributed by atoms with E-state index in [9.17, 15) is 0 Å². The molecule has 2 aromatic heterocycles. The molecule has 0 aliphatic carbocycles. The van der Waals surface area contributed by atoms with Gasteiger partial charge in [-0.1, -0.05) is 29.8 Å². The highest BCUT2D eigenvalue weighted by Crippen LogP contribution is 2.32. The predicted molar refractivity (Wildman–Crippen MR) is 89.6 cm³/mol. The average Bonchev–Trinajstić information content (AvgIpc) is 2.61. The van der Waals surface area contributed by atoms with Gasteiger partial charge < -0.3 is 15.2 Å². The van der Waals surface area contributed by atoms with E-state index >= 15 is 0 Å². The molecule has 3 aromatic rings. The molecule has 0 spiro atoms. The van der Waals surface area contributed by atoms with Crippen LogP contribution in [0.2, 0.25) is 0 Å². The second kappa shape index (κ2) is 7.36. The van der Waals surface area contributed by atoms with Crippen LogP contribution in [-0.2, 0) is 0 Å². The average molecular weight is 323 g/mol. The minimum atomic E-state index is 0.285. The first-order chi connectivity index (χ1) is 11.7. The summed E-state index contributed by atoms with van der Waals surface area (Å²) in [5.74, 6) is 0.792. The number of ether oxygens (including phenoxy) is 2. The van der Waals surface area contributed by atoms with E-state index < -0.39 is 0 Å². The number of nitrogen functional groups attached to an aromatic ring is 1. The number of aryl methyl sites for hydroxylation is 1. The van der Waals surface area contributed by atoms with Crippen LogP contribution in [0.4, 0.5) is 5.82 Å². The highest BCUT2D eigenvalue weighted by Gasteiger charge is 2.13. The highest BCUT2D eigenvalue weighted by atomic mass is 16.5. The summed E-state index contributed by atoms with van der Waals surface area (Å²) in [6.07, 6.45) is 4.61. The Balaban J connectivity index is 1.69. The maximum Gasteiger partial charge on any atom is 0.316 e. The summed E-state index contributed by atoms with van der Waals surface area (Å²) in [5, 5.41) is 0. The van der Waals surface area contributed by atoms with Gasteiger partial charge >= 0.3 is 6.01 Å². The smallest absolute Gasteiger partial charge is 0.316 e. The van der Waals surface area contributed by atoms with E-state index in [2.05, 4.69) is 19.9 Å². The Morgan fingerprint density at radius 1 is 0.917 bits per heavy atom. The van der Waals surface area contributed by atoms with Gasteiger partial charge in [-0.3, -0.25) is 0 Å². The van der Waals surface area contributed by atoms with Crippen molar-refractivity contribution in [3.8, 4) is 23.0 Å².